The molecule has 3 nitrogen and oxygen atoms in total. The van der Waals surface area contributed by atoms with E-state index in [2.05, 4.69) is 4.73 Å². The van der Waals surface area contributed by atoms with Crippen molar-refractivity contribution in [3.05, 3.63) is 131 Å². The van der Waals surface area contributed by atoms with Crippen LogP contribution in [0.25, 0.3) is 0 Å². The maximum atomic E-state index is 13.4. The van der Waals surface area contributed by atoms with E-state index < -0.39 is 8.60 Å². The highest BCUT2D eigenvalue weighted by Gasteiger charge is 2.21. The van der Waals surface area contributed by atoms with Crippen LogP contribution in [0.5, 0.6) is 11.5 Å². The highest BCUT2D eigenvalue weighted by atomic mass is 31.2. The van der Waals surface area contributed by atoms with E-state index in [-0.39, 0.29) is 0 Å². The summed E-state index contributed by atoms with van der Waals surface area (Å²) in [7, 11) is -2.26. The molecule has 4 aromatic rings. The molecule has 0 N–H and O–H groups in total. The number of rotatable bonds is 9. The minimum absolute atomic E-state index is 0.538. The zero-order valence-corrected chi connectivity index (χ0v) is 17.8. The summed E-state index contributed by atoms with van der Waals surface area (Å²) in [6, 6.07) is 35.1. The van der Waals surface area contributed by atoms with Crippen LogP contribution in [0.1, 0.15) is 22.3 Å². The average Bonchev–Trinajstić information content (AvgIpc) is 2.82. The molecule has 0 aliphatic carbocycles. The Hall–Kier alpha value is -3.20. The van der Waals surface area contributed by atoms with Gasteiger partial charge in [-0.15, -0.1) is 0 Å². The van der Waals surface area contributed by atoms with Crippen molar-refractivity contribution in [1.29, 1.82) is 0 Å². The van der Waals surface area contributed by atoms with Crippen molar-refractivity contribution in [3.63, 3.8) is 0 Å². The minimum atomic E-state index is -2.26. The van der Waals surface area contributed by atoms with Gasteiger partial charge in [-0.2, -0.15) is 0 Å². The highest BCUT2D eigenvalue weighted by Crippen LogP contribution is 2.44. The first-order chi connectivity index (χ1) is 15.3. The Labute approximate surface area is 182 Å². The van der Waals surface area contributed by atoms with Gasteiger partial charge in [0.25, 0.3) is 0 Å². The van der Waals surface area contributed by atoms with E-state index in [9.17, 15) is 4.53 Å². The van der Waals surface area contributed by atoms with Crippen LogP contribution < -0.4 is 9.05 Å². The molecule has 4 rings (SSSR count). The molecular weight excluding hydrogens is 410 g/mol. The molecule has 0 saturated heterocycles. The maximum absolute atomic E-state index is 13.4. The number of halogens is 1. The van der Waals surface area contributed by atoms with Crippen molar-refractivity contribution < 1.29 is 18.3 Å². The van der Waals surface area contributed by atoms with Crippen LogP contribution in [-0.2, 0) is 17.6 Å². The monoisotopic (exact) mass is 432 g/mol. The normalized spacial score (nSPS) is 10.8. The quantitative estimate of drug-likeness (QED) is 0.257. The molecular formula is C26H22FO3P. The van der Waals surface area contributed by atoms with Crippen LogP contribution >= 0.6 is 8.60 Å². The first-order valence-corrected chi connectivity index (χ1v) is 11.1. The van der Waals surface area contributed by atoms with Gasteiger partial charge < -0.3 is 9.05 Å². The van der Waals surface area contributed by atoms with E-state index in [4.69, 9.17) is 9.05 Å². The zero-order valence-electron chi connectivity index (χ0n) is 16.9. The molecule has 0 bridgehead atoms. The predicted molar refractivity (Wildman–Crippen MR) is 122 cm³/mol. The summed E-state index contributed by atoms with van der Waals surface area (Å²) in [4.78, 5) is 0. The summed E-state index contributed by atoms with van der Waals surface area (Å²) in [5, 5.41) is 0. The Bertz CT molecular complexity index is 1000. The number of benzene rings is 4. The smallest absolute Gasteiger partial charge is 0.416 e. The van der Waals surface area contributed by atoms with Crippen LogP contribution in [0.3, 0.4) is 0 Å². The zero-order chi connectivity index (χ0) is 21.3. The molecule has 0 fully saturated rings. The van der Waals surface area contributed by atoms with Crippen molar-refractivity contribution >= 4 is 8.60 Å². The molecule has 0 aliphatic rings. The van der Waals surface area contributed by atoms with Gasteiger partial charge in [0, 0.05) is 12.8 Å². The molecule has 0 atom stereocenters. The molecule has 0 amide bonds. The standard InChI is InChI=1S/C26H22FO3P/c27-30-31(28-25-17-9-7-15-23(25)19-21-11-3-1-4-12-21)29-26-18-10-8-16-24(26)20-22-13-5-2-6-14-22/h1-18H,19-20H2. The van der Waals surface area contributed by atoms with Gasteiger partial charge in [0.1, 0.15) is 11.5 Å². The second-order valence-corrected chi connectivity index (χ2v) is 7.97. The van der Waals surface area contributed by atoms with Crippen molar-refractivity contribution in [1.82, 2.24) is 0 Å². The van der Waals surface area contributed by atoms with Crippen molar-refractivity contribution in [2.45, 2.75) is 12.8 Å². The van der Waals surface area contributed by atoms with Gasteiger partial charge in [-0.1, -0.05) is 102 Å². The Balaban J connectivity index is 1.50. The van der Waals surface area contributed by atoms with E-state index >= 15 is 0 Å². The van der Waals surface area contributed by atoms with E-state index in [1.165, 1.54) is 0 Å². The maximum Gasteiger partial charge on any atom is 0.497 e. The minimum Gasteiger partial charge on any atom is -0.416 e. The third-order valence-electron chi connectivity index (χ3n) is 4.82. The summed E-state index contributed by atoms with van der Waals surface area (Å²) >= 11 is 0. The number of hydrogen-bond donors (Lipinski definition) is 0. The van der Waals surface area contributed by atoms with Gasteiger partial charge >= 0.3 is 8.60 Å². The summed E-state index contributed by atoms with van der Waals surface area (Å²) in [6.07, 6.45) is 1.33. The fourth-order valence-corrected chi connectivity index (χ4v) is 4.09. The highest BCUT2D eigenvalue weighted by molar-refractivity contribution is 7.42. The van der Waals surface area contributed by atoms with Gasteiger partial charge in [0.2, 0.25) is 0 Å². The van der Waals surface area contributed by atoms with E-state index in [1.54, 1.807) is 12.1 Å². The Morgan fingerprint density at radius 3 is 1.32 bits per heavy atom. The third kappa shape index (κ3) is 5.91. The summed E-state index contributed by atoms with van der Waals surface area (Å²) in [5.41, 5.74) is 4.13. The molecule has 0 aromatic heterocycles. The van der Waals surface area contributed by atoms with Crippen LogP contribution in [0.15, 0.2) is 109 Å². The first kappa shape index (κ1) is 21.0. The van der Waals surface area contributed by atoms with Crippen molar-refractivity contribution in [2.75, 3.05) is 0 Å². The molecule has 0 spiro atoms. The van der Waals surface area contributed by atoms with E-state index in [0.717, 1.165) is 22.3 Å². The lowest BCUT2D eigenvalue weighted by Gasteiger charge is -2.17. The Morgan fingerprint density at radius 1 is 0.516 bits per heavy atom. The summed E-state index contributed by atoms with van der Waals surface area (Å²) in [6.45, 7) is 0. The van der Waals surface area contributed by atoms with Crippen LogP contribution in [0.2, 0.25) is 0 Å². The first-order valence-electron chi connectivity index (χ1n) is 10.0. The predicted octanol–water partition coefficient (Wildman–Crippen LogP) is 7.45. The molecule has 0 unspecified atom stereocenters. The fraction of sp³-hybridized carbons (Fsp3) is 0.0769. The van der Waals surface area contributed by atoms with E-state index in [1.807, 2.05) is 97.1 Å². The lowest BCUT2D eigenvalue weighted by molar-refractivity contribution is -0.0158. The Kier molecular flexibility index (Phi) is 7.28. The molecule has 0 heterocycles. The van der Waals surface area contributed by atoms with E-state index in [0.29, 0.717) is 24.3 Å². The van der Waals surface area contributed by atoms with Crippen LogP contribution in [-0.4, -0.2) is 0 Å². The SMILES string of the molecule is FOP(Oc1ccccc1Cc1ccccc1)Oc1ccccc1Cc1ccccc1. The molecule has 0 saturated carbocycles. The van der Waals surface area contributed by atoms with Gasteiger partial charge in [-0.3, -0.25) is 0 Å². The molecule has 0 radical (unpaired) electrons. The van der Waals surface area contributed by atoms with Gasteiger partial charge in [0.15, 0.2) is 0 Å². The van der Waals surface area contributed by atoms with Crippen molar-refractivity contribution in [2.24, 2.45) is 0 Å². The molecule has 0 aliphatic heterocycles. The molecule has 31 heavy (non-hydrogen) atoms. The summed E-state index contributed by atoms with van der Waals surface area (Å²) in [5.74, 6) is 1.08. The Morgan fingerprint density at radius 2 is 0.903 bits per heavy atom. The molecule has 4 aromatic carbocycles. The fourth-order valence-electron chi connectivity index (χ4n) is 3.32. The number of para-hydroxylation sites is 2. The second-order valence-electron chi connectivity index (χ2n) is 7.02. The third-order valence-corrected chi connectivity index (χ3v) is 5.63. The average molecular weight is 432 g/mol. The lowest BCUT2D eigenvalue weighted by Crippen LogP contribution is -2.01. The van der Waals surface area contributed by atoms with Crippen LogP contribution in [0, 0.1) is 0 Å². The van der Waals surface area contributed by atoms with Crippen molar-refractivity contribution in [3.8, 4) is 11.5 Å². The second kappa shape index (κ2) is 10.7. The molecule has 5 heteroatoms. The summed E-state index contributed by atoms with van der Waals surface area (Å²) < 4.78 is 29.2. The lowest BCUT2D eigenvalue weighted by atomic mass is 10.0. The molecule has 156 valence electrons. The van der Waals surface area contributed by atoms with Crippen LogP contribution in [0.4, 0.5) is 4.53 Å². The van der Waals surface area contributed by atoms with Gasteiger partial charge in [-0.05, 0) is 38.9 Å². The largest absolute Gasteiger partial charge is 0.497 e. The van der Waals surface area contributed by atoms with Gasteiger partial charge in [0.05, 0.1) is 0 Å². The topological polar surface area (TPSA) is 27.7 Å². The number of hydrogen-bond acceptors (Lipinski definition) is 3. The van der Waals surface area contributed by atoms with Gasteiger partial charge in [-0.25, -0.2) is 0 Å².